The lowest BCUT2D eigenvalue weighted by Gasteiger charge is -2.22. The molecule has 0 heterocycles. The van der Waals surface area contributed by atoms with E-state index < -0.39 is 10.0 Å². The summed E-state index contributed by atoms with van der Waals surface area (Å²) >= 11 is 0. The molecule has 0 saturated heterocycles. The molecule has 0 spiro atoms. The van der Waals surface area contributed by atoms with Crippen LogP contribution < -0.4 is 9.47 Å². The van der Waals surface area contributed by atoms with E-state index in [-0.39, 0.29) is 22.1 Å². The monoisotopic (exact) mass is 434 g/mol. The smallest absolute Gasteiger partial charge is 0.253 e. The van der Waals surface area contributed by atoms with Gasteiger partial charge < -0.3 is 14.4 Å². The van der Waals surface area contributed by atoms with E-state index in [0.717, 1.165) is 11.1 Å². The van der Waals surface area contributed by atoms with Gasteiger partial charge in [-0.2, -0.15) is 4.31 Å². The third-order valence-electron chi connectivity index (χ3n) is 4.92. The number of benzene rings is 2. The van der Waals surface area contributed by atoms with Crippen molar-refractivity contribution in [3.63, 3.8) is 0 Å². The standard InChI is InChI=1S/C22H30N2O5S/c1-7-24(8-2)30(26,27)21-14-17(10-12-20(21)29-6)22(25)23(4)15-18-13-16(3)9-11-19(18)28-5/h9-14H,7-8,15H2,1-6H3. The molecular weight excluding hydrogens is 404 g/mol. The van der Waals surface area contributed by atoms with Gasteiger partial charge in [0.05, 0.1) is 14.2 Å². The number of carbonyl (C=O) groups excluding carboxylic acids is 1. The Morgan fingerprint density at radius 3 is 2.13 bits per heavy atom. The van der Waals surface area contributed by atoms with E-state index in [9.17, 15) is 13.2 Å². The zero-order valence-electron chi connectivity index (χ0n) is 18.4. The molecular formula is C22H30N2O5S. The van der Waals surface area contributed by atoms with Gasteiger partial charge in [0.2, 0.25) is 10.0 Å². The van der Waals surface area contributed by atoms with Crippen LogP contribution in [0.1, 0.15) is 35.3 Å². The topological polar surface area (TPSA) is 76.2 Å². The Morgan fingerprint density at radius 1 is 0.967 bits per heavy atom. The number of amides is 1. The molecule has 7 nitrogen and oxygen atoms in total. The summed E-state index contributed by atoms with van der Waals surface area (Å²) in [6.07, 6.45) is 0. The minimum Gasteiger partial charge on any atom is -0.496 e. The van der Waals surface area contributed by atoms with Crippen molar-refractivity contribution in [2.75, 3.05) is 34.4 Å². The number of nitrogens with zero attached hydrogens (tertiary/aromatic N) is 2. The molecule has 0 N–H and O–H groups in total. The fourth-order valence-electron chi connectivity index (χ4n) is 3.29. The number of sulfonamides is 1. The first-order valence-electron chi connectivity index (χ1n) is 9.76. The lowest BCUT2D eigenvalue weighted by Crippen LogP contribution is -2.31. The zero-order chi connectivity index (χ0) is 22.5. The quantitative estimate of drug-likeness (QED) is 0.605. The molecule has 2 aromatic carbocycles. The zero-order valence-corrected chi connectivity index (χ0v) is 19.2. The Kier molecular flexibility index (Phi) is 7.86. The van der Waals surface area contributed by atoms with Gasteiger partial charge in [0.1, 0.15) is 16.4 Å². The molecule has 8 heteroatoms. The Hall–Kier alpha value is -2.58. The van der Waals surface area contributed by atoms with Crippen LogP contribution in [-0.2, 0) is 16.6 Å². The number of methoxy groups -OCH3 is 2. The van der Waals surface area contributed by atoms with Crippen molar-refractivity contribution in [3.8, 4) is 11.5 Å². The molecule has 0 aliphatic carbocycles. The van der Waals surface area contributed by atoms with Crippen LogP contribution in [0.2, 0.25) is 0 Å². The van der Waals surface area contributed by atoms with Gasteiger partial charge in [-0.05, 0) is 31.2 Å². The fraction of sp³-hybridized carbons (Fsp3) is 0.409. The molecule has 1 amide bonds. The molecule has 0 saturated carbocycles. The van der Waals surface area contributed by atoms with E-state index in [1.807, 2.05) is 25.1 Å². The molecule has 164 valence electrons. The summed E-state index contributed by atoms with van der Waals surface area (Å²) in [5.41, 5.74) is 2.21. The predicted molar refractivity (Wildman–Crippen MR) is 117 cm³/mol. The van der Waals surface area contributed by atoms with E-state index in [4.69, 9.17) is 9.47 Å². The van der Waals surface area contributed by atoms with Crippen molar-refractivity contribution in [1.29, 1.82) is 0 Å². The maximum atomic E-state index is 13.1. The maximum absolute atomic E-state index is 13.1. The van der Waals surface area contributed by atoms with E-state index in [0.29, 0.717) is 25.4 Å². The summed E-state index contributed by atoms with van der Waals surface area (Å²) < 4.78 is 38.1. The van der Waals surface area contributed by atoms with Crippen molar-refractivity contribution >= 4 is 15.9 Å². The van der Waals surface area contributed by atoms with Crippen molar-refractivity contribution < 1.29 is 22.7 Å². The molecule has 0 aliphatic heterocycles. The van der Waals surface area contributed by atoms with Crippen LogP contribution in [0, 0.1) is 6.92 Å². The van der Waals surface area contributed by atoms with Gasteiger partial charge in [-0.25, -0.2) is 8.42 Å². The number of hydrogen-bond acceptors (Lipinski definition) is 5. The molecule has 30 heavy (non-hydrogen) atoms. The van der Waals surface area contributed by atoms with Gasteiger partial charge in [-0.1, -0.05) is 31.5 Å². The van der Waals surface area contributed by atoms with Crippen LogP contribution in [0.5, 0.6) is 11.5 Å². The number of hydrogen-bond donors (Lipinski definition) is 0. The highest BCUT2D eigenvalue weighted by Gasteiger charge is 2.27. The lowest BCUT2D eigenvalue weighted by atomic mass is 10.1. The second-order valence-corrected chi connectivity index (χ2v) is 8.84. The predicted octanol–water partition coefficient (Wildman–Crippen LogP) is 3.31. The van der Waals surface area contributed by atoms with Crippen molar-refractivity contribution in [1.82, 2.24) is 9.21 Å². The van der Waals surface area contributed by atoms with Crippen LogP contribution in [-0.4, -0.2) is 57.9 Å². The van der Waals surface area contributed by atoms with Gasteiger partial charge in [-0.15, -0.1) is 0 Å². The van der Waals surface area contributed by atoms with Crippen LogP contribution in [0.4, 0.5) is 0 Å². The molecule has 2 aromatic rings. The van der Waals surface area contributed by atoms with Crippen LogP contribution in [0.25, 0.3) is 0 Å². The highest BCUT2D eigenvalue weighted by Crippen LogP contribution is 2.29. The fourth-order valence-corrected chi connectivity index (χ4v) is 4.93. The Bertz CT molecular complexity index is 1000. The molecule has 0 unspecified atom stereocenters. The Morgan fingerprint density at radius 2 is 1.57 bits per heavy atom. The third kappa shape index (κ3) is 4.94. The Labute approximate surface area is 179 Å². The summed E-state index contributed by atoms with van der Waals surface area (Å²) in [7, 11) is 0.888. The average Bonchev–Trinajstić information content (AvgIpc) is 2.73. The van der Waals surface area contributed by atoms with Crippen LogP contribution >= 0.6 is 0 Å². The summed E-state index contributed by atoms with van der Waals surface area (Å²) in [6, 6.07) is 10.3. The molecule has 0 aliphatic rings. The highest BCUT2D eigenvalue weighted by atomic mass is 32.2. The first-order valence-corrected chi connectivity index (χ1v) is 11.2. The van der Waals surface area contributed by atoms with Crippen molar-refractivity contribution in [2.45, 2.75) is 32.2 Å². The molecule has 2 rings (SSSR count). The van der Waals surface area contributed by atoms with Crippen LogP contribution in [0.15, 0.2) is 41.3 Å². The minimum absolute atomic E-state index is 0.0129. The second kappa shape index (κ2) is 9.95. The van der Waals surface area contributed by atoms with Gasteiger partial charge in [0.15, 0.2) is 0 Å². The van der Waals surface area contributed by atoms with E-state index >= 15 is 0 Å². The maximum Gasteiger partial charge on any atom is 0.253 e. The SMILES string of the molecule is CCN(CC)S(=O)(=O)c1cc(C(=O)N(C)Cc2cc(C)ccc2OC)ccc1OC. The summed E-state index contributed by atoms with van der Waals surface area (Å²) in [5, 5.41) is 0. The molecule has 0 aromatic heterocycles. The largest absolute Gasteiger partial charge is 0.496 e. The minimum atomic E-state index is -3.78. The number of carbonyl (C=O) groups is 1. The third-order valence-corrected chi connectivity index (χ3v) is 7.00. The van der Waals surface area contributed by atoms with E-state index in [2.05, 4.69) is 0 Å². The number of aryl methyl sites for hydroxylation is 1. The number of rotatable bonds is 9. The normalized spacial score (nSPS) is 11.4. The van der Waals surface area contributed by atoms with Gasteiger partial charge in [0.25, 0.3) is 5.91 Å². The number of ether oxygens (including phenoxy) is 2. The summed E-state index contributed by atoms with van der Waals surface area (Å²) in [4.78, 5) is 14.6. The second-order valence-electron chi connectivity index (χ2n) is 6.93. The lowest BCUT2D eigenvalue weighted by molar-refractivity contribution is 0.0784. The van der Waals surface area contributed by atoms with Gasteiger partial charge in [-0.3, -0.25) is 4.79 Å². The van der Waals surface area contributed by atoms with Crippen LogP contribution in [0.3, 0.4) is 0 Å². The summed E-state index contributed by atoms with van der Waals surface area (Å²) in [6.45, 7) is 6.49. The molecule has 0 atom stereocenters. The molecule has 0 bridgehead atoms. The van der Waals surface area contributed by atoms with E-state index in [1.54, 1.807) is 34.1 Å². The first-order chi connectivity index (χ1) is 14.2. The first kappa shape index (κ1) is 23.7. The molecule has 0 fully saturated rings. The highest BCUT2D eigenvalue weighted by molar-refractivity contribution is 7.89. The van der Waals surface area contributed by atoms with Gasteiger partial charge >= 0.3 is 0 Å². The van der Waals surface area contributed by atoms with Crippen molar-refractivity contribution in [3.05, 3.63) is 53.1 Å². The van der Waals surface area contributed by atoms with Crippen molar-refractivity contribution in [2.24, 2.45) is 0 Å². The Balaban J connectivity index is 2.40. The van der Waals surface area contributed by atoms with E-state index in [1.165, 1.54) is 28.4 Å². The van der Waals surface area contributed by atoms with Gasteiger partial charge in [0, 0.05) is 37.8 Å². The average molecular weight is 435 g/mol. The summed E-state index contributed by atoms with van der Waals surface area (Å²) in [5.74, 6) is 0.610. The molecule has 0 radical (unpaired) electrons.